The molecule has 0 aliphatic carbocycles. The van der Waals surface area contributed by atoms with Crippen LogP contribution in [-0.4, -0.2) is 49.3 Å². The highest BCUT2D eigenvalue weighted by molar-refractivity contribution is 7.47. The second kappa shape index (κ2) is 63.6. The van der Waals surface area contributed by atoms with Crippen LogP contribution in [0.2, 0.25) is 0 Å². The van der Waals surface area contributed by atoms with Gasteiger partial charge >= 0.3 is 19.8 Å². The van der Waals surface area contributed by atoms with E-state index in [-0.39, 0.29) is 32.6 Å². The molecular formula is C69H118NO8P. The second-order valence-electron chi connectivity index (χ2n) is 20.9. The molecule has 0 aliphatic heterocycles. The Kier molecular flexibility index (Phi) is 60.7. The topological polar surface area (TPSA) is 134 Å². The minimum Gasteiger partial charge on any atom is -0.462 e. The predicted octanol–water partition coefficient (Wildman–Crippen LogP) is 20.7. The molecule has 0 aromatic carbocycles. The third-order valence-corrected chi connectivity index (χ3v) is 14.3. The highest BCUT2D eigenvalue weighted by Crippen LogP contribution is 2.43. The number of esters is 2. The van der Waals surface area contributed by atoms with Gasteiger partial charge in [-0.1, -0.05) is 270 Å². The number of rotatable bonds is 59. The van der Waals surface area contributed by atoms with Crippen LogP contribution in [0.3, 0.4) is 0 Å². The summed E-state index contributed by atoms with van der Waals surface area (Å²) in [5.74, 6) is -0.841. The number of phosphoric acid groups is 1. The largest absolute Gasteiger partial charge is 0.472 e. The number of carbonyl (C=O) groups excluding carboxylic acids is 2. The molecule has 0 aromatic rings. The molecule has 0 saturated heterocycles. The van der Waals surface area contributed by atoms with Crippen LogP contribution >= 0.6 is 7.82 Å². The van der Waals surface area contributed by atoms with Gasteiger partial charge in [0.2, 0.25) is 0 Å². The Morgan fingerprint density at radius 1 is 0.392 bits per heavy atom. The molecule has 0 saturated carbocycles. The Hall–Kier alpha value is -3.59. The summed E-state index contributed by atoms with van der Waals surface area (Å²) >= 11 is 0. The Morgan fingerprint density at radius 2 is 0.696 bits per heavy atom. The molecule has 79 heavy (non-hydrogen) atoms. The standard InChI is InChI=1S/C69H118NO8P/c1-3-5-7-9-11-13-15-17-19-21-23-24-25-26-27-28-29-30-31-32-33-34-35-36-37-38-39-40-41-42-44-46-48-50-52-54-56-58-60-62-69(72)78-67(66-77-79(73,74)76-64-63-70)65-75-68(71)61-59-57-55-53-51-49-47-45-43-22-20-18-16-14-12-10-8-6-4-2/h5,7,11-14,17-20,23-24,26-27,29-30,32-33,43,45,67H,3-4,6,8-10,15-16,21-22,25,28,31,34-42,44,46-66,70H2,1-2H3,(H,73,74)/b7-5-,13-11-,14-12-,19-17-,20-18-,24-23-,27-26-,30-29-,33-32-,45-43-. The Bertz CT molecular complexity index is 1710. The average molecular weight is 1120 g/mol. The predicted molar refractivity (Wildman–Crippen MR) is 339 cm³/mol. The first-order valence-electron chi connectivity index (χ1n) is 32.0. The summed E-state index contributed by atoms with van der Waals surface area (Å²) in [5.41, 5.74) is 5.39. The molecule has 0 aliphatic rings. The van der Waals surface area contributed by atoms with E-state index in [0.717, 1.165) is 103 Å². The van der Waals surface area contributed by atoms with Gasteiger partial charge in [0.05, 0.1) is 13.2 Å². The Balaban J connectivity index is 3.89. The molecule has 3 N–H and O–H groups in total. The van der Waals surface area contributed by atoms with Gasteiger partial charge in [-0.15, -0.1) is 0 Å². The van der Waals surface area contributed by atoms with Gasteiger partial charge in [0.25, 0.3) is 0 Å². The quantitative estimate of drug-likeness (QED) is 0.0264. The molecule has 0 fully saturated rings. The fourth-order valence-electron chi connectivity index (χ4n) is 8.62. The minimum atomic E-state index is -4.40. The number of ether oxygens (including phenoxy) is 2. The van der Waals surface area contributed by atoms with Crippen LogP contribution < -0.4 is 5.73 Å². The maximum absolute atomic E-state index is 12.7. The lowest BCUT2D eigenvalue weighted by atomic mass is 10.0. The van der Waals surface area contributed by atoms with E-state index in [2.05, 4.69) is 135 Å². The van der Waals surface area contributed by atoms with Crippen molar-refractivity contribution in [2.45, 2.75) is 277 Å². The van der Waals surface area contributed by atoms with Crippen LogP contribution in [0.5, 0.6) is 0 Å². The van der Waals surface area contributed by atoms with Gasteiger partial charge in [-0.05, 0) is 109 Å². The number of hydrogen-bond donors (Lipinski definition) is 2. The third kappa shape index (κ3) is 63.5. The van der Waals surface area contributed by atoms with Gasteiger partial charge < -0.3 is 20.1 Å². The zero-order valence-electron chi connectivity index (χ0n) is 50.6. The first-order valence-corrected chi connectivity index (χ1v) is 33.5. The maximum Gasteiger partial charge on any atom is 0.472 e. The fraction of sp³-hybridized carbons (Fsp3) is 0.681. The van der Waals surface area contributed by atoms with Crippen molar-refractivity contribution in [2.75, 3.05) is 26.4 Å². The van der Waals surface area contributed by atoms with Crippen LogP contribution in [0.1, 0.15) is 271 Å². The summed E-state index contributed by atoms with van der Waals surface area (Å²) in [7, 11) is -4.40. The van der Waals surface area contributed by atoms with E-state index in [0.29, 0.717) is 12.8 Å². The summed E-state index contributed by atoms with van der Waals surface area (Å²) in [6.07, 6.45) is 88.4. The van der Waals surface area contributed by atoms with Crippen LogP contribution in [0, 0.1) is 0 Å². The van der Waals surface area contributed by atoms with Crippen molar-refractivity contribution in [3.63, 3.8) is 0 Å². The molecule has 9 nitrogen and oxygen atoms in total. The molecule has 0 aromatic heterocycles. The number of hydrogen-bond acceptors (Lipinski definition) is 8. The van der Waals surface area contributed by atoms with Gasteiger partial charge in [0, 0.05) is 19.4 Å². The van der Waals surface area contributed by atoms with Gasteiger partial charge in [0.15, 0.2) is 6.10 Å². The number of carbonyl (C=O) groups is 2. The minimum absolute atomic E-state index is 0.0475. The van der Waals surface area contributed by atoms with Crippen molar-refractivity contribution in [1.82, 2.24) is 0 Å². The van der Waals surface area contributed by atoms with Crippen molar-refractivity contribution in [3.8, 4) is 0 Å². The second-order valence-corrected chi connectivity index (χ2v) is 22.3. The molecule has 10 heteroatoms. The van der Waals surface area contributed by atoms with E-state index in [9.17, 15) is 19.0 Å². The van der Waals surface area contributed by atoms with E-state index in [1.54, 1.807) is 0 Å². The molecule has 2 atom stereocenters. The van der Waals surface area contributed by atoms with E-state index in [4.69, 9.17) is 24.3 Å². The van der Waals surface area contributed by atoms with Gasteiger partial charge in [-0.2, -0.15) is 0 Å². The van der Waals surface area contributed by atoms with Crippen molar-refractivity contribution in [3.05, 3.63) is 122 Å². The van der Waals surface area contributed by atoms with Crippen LogP contribution in [-0.2, 0) is 32.7 Å². The van der Waals surface area contributed by atoms with Crippen LogP contribution in [0.25, 0.3) is 0 Å². The van der Waals surface area contributed by atoms with Crippen molar-refractivity contribution >= 4 is 19.8 Å². The first kappa shape index (κ1) is 75.4. The maximum atomic E-state index is 12.7. The van der Waals surface area contributed by atoms with Gasteiger partial charge in [-0.25, -0.2) is 4.57 Å². The fourth-order valence-corrected chi connectivity index (χ4v) is 9.39. The van der Waals surface area contributed by atoms with Gasteiger partial charge in [0.1, 0.15) is 6.61 Å². The summed E-state index contributed by atoms with van der Waals surface area (Å²) in [5, 5.41) is 0. The van der Waals surface area contributed by atoms with Crippen molar-refractivity contribution in [1.29, 1.82) is 0 Å². The molecular weight excluding hydrogens is 1000 g/mol. The summed E-state index contributed by atoms with van der Waals surface area (Å²) < 4.78 is 33.1. The monoisotopic (exact) mass is 1120 g/mol. The summed E-state index contributed by atoms with van der Waals surface area (Å²) in [4.78, 5) is 35.2. The molecule has 0 radical (unpaired) electrons. The highest BCUT2D eigenvalue weighted by Gasteiger charge is 2.26. The van der Waals surface area contributed by atoms with Crippen molar-refractivity contribution in [2.24, 2.45) is 5.73 Å². The average Bonchev–Trinajstić information content (AvgIpc) is 3.44. The molecule has 0 heterocycles. The molecule has 452 valence electrons. The number of unbranched alkanes of at least 4 members (excludes halogenated alkanes) is 26. The summed E-state index contributed by atoms with van der Waals surface area (Å²) in [6.45, 7) is 3.59. The zero-order valence-corrected chi connectivity index (χ0v) is 51.5. The van der Waals surface area contributed by atoms with E-state index >= 15 is 0 Å². The number of nitrogens with two attached hydrogens (primary N) is 1. The zero-order chi connectivity index (χ0) is 57.3. The lowest BCUT2D eigenvalue weighted by molar-refractivity contribution is -0.161. The van der Waals surface area contributed by atoms with Crippen LogP contribution in [0.4, 0.5) is 0 Å². The van der Waals surface area contributed by atoms with E-state index < -0.39 is 32.5 Å². The normalized spacial score (nSPS) is 13.8. The Morgan fingerprint density at radius 3 is 1.04 bits per heavy atom. The molecule has 0 rings (SSSR count). The first-order chi connectivity index (χ1) is 38.8. The SMILES string of the molecule is CC/C=C\C/C=C\C/C=C\C/C=C\C/C=C\C/C=C\C/C=C\CCCCCCCCCCCCCCCCCCCC(=O)OC(COC(=O)CCCCCCCC/C=C\C/C=C\C/C=C\CCCCC)COP(=O)(O)OCCN. The summed E-state index contributed by atoms with van der Waals surface area (Å²) in [6, 6.07) is 0. The lowest BCUT2D eigenvalue weighted by Crippen LogP contribution is -2.29. The molecule has 0 amide bonds. The highest BCUT2D eigenvalue weighted by atomic mass is 31.2. The van der Waals surface area contributed by atoms with Crippen molar-refractivity contribution < 1.29 is 37.6 Å². The molecule has 0 bridgehead atoms. The Labute approximate surface area is 485 Å². The molecule has 0 spiro atoms. The third-order valence-electron chi connectivity index (χ3n) is 13.3. The lowest BCUT2D eigenvalue weighted by Gasteiger charge is -2.19. The number of phosphoric ester groups is 1. The molecule has 2 unspecified atom stereocenters. The smallest absolute Gasteiger partial charge is 0.462 e. The van der Waals surface area contributed by atoms with Gasteiger partial charge in [-0.3, -0.25) is 18.6 Å². The van der Waals surface area contributed by atoms with E-state index in [1.165, 1.54) is 128 Å². The van der Waals surface area contributed by atoms with Crippen LogP contribution in [0.15, 0.2) is 122 Å². The van der Waals surface area contributed by atoms with E-state index in [1.807, 2.05) is 0 Å². The number of allylic oxidation sites excluding steroid dienone is 20.